The highest BCUT2D eigenvalue weighted by Crippen LogP contribution is 2.23. The summed E-state index contributed by atoms with van der Waals surface area (Å²) in [7, 11) is 0. The Hall–Kier alpha value is -4.27. The molecule has 1 aliphatic heterocycles. The van der Waals surface area contributed by atoms with Crippen LogP contribution in [0.5, 0.6) is 0 Å². The molecule has 0 unspecified atom stereocenters. The lowest BCUT2D eigenvalue weighted by Gasteiger charge is -2.17. The number of carbonyl (C=O) groups excluding carboxylic acids is 1. The van der Waals surface area contributed by atoms with Crippen LogP contribution in [0.25, 0.3) is 0 Å². The van der Waals surface area contributed by atoms with Gasteiger partial charge in [-0.3, -0.25) is 15.6 Å². The maximum absolute atomic E-state index is 11.9. The number of anilines is 3. The van der Waals surface area contributed by atoms with Crippen LogP contribution in [0.3, 0.4) is 0 Å². The van der Waals surface area contributed by atoms with Gasteiger partial charge in [0, 0.05) is 30.5 Å². The van der Waals surface area contributed by atoms with Gasteiger partial charge in [0.1, 0.15) is 5.82 Å². The highest BCUT2D eigenvalue weighted by Gasteiger charge is 2.17. The van der Waals surface area contributed by atoms with Crippen LogP contribution in [0.1, 0.15) is 27.0 Å². The maximum Gasteiger partial charge on any atom is 0.251 e. The Morgan fingerprint density at radius 2 is 2.06 bits per heavy atom. The summed E-state index contributed by atoms with van der Waals surface area (Å²) in [5.41, 5.74) is 3.80. The Labute approximate surface area is 178 Å². The molecule has 9 nitrogen and oxygen atoms in total. The molecule has 0 aliphatic carbocycles. The van der Waals surface area contributed by atoms with Crippen molar-refractivity contribution in [3.63, 3.8) is 0 Å². The van der Waals surface area contributed by atoms with Gasteiger partial charge < -0.3 is 20.7 Å². The second-order valence-electron chi connectivity index (χ2n) is 6.86. The van der Waals surface area contributed by atoms with E-state index in [1.54, 1.807) is 12.1 Å². The van der Waals surface area contributed by atoms with Gasteiger partial charge in [-0.1, -0.05) is 30.3 Å². The fourth-order valence-electron chi connectivity index (χ4n) is 3.28. The summed E-state index contributed by atoms with van der Waals surface area (Å²) in [4.78, 5) is 20.7. The van der Waals surface area contributed by atoms with E-state index in [0.717, 1.165) is 23.2 Å². The van der Waals surface area contributed by atoms with Gasteiger partial charge in [-0.15, -0.1) is 0 Å². The molecule has 0 spiro atoms. The van der Waals surface area contributed by atoms with Crippen LogP contribution in [0.15, 0.2) is 54.7 Å². The summed E-state index contributed by atoms with van der Waals surface area (Å²) in [6.07, 6.45) is 2.93. The SMILES string of the molecule is N=COC(=N)c1cnc(Nc2ccc3c(c2)CCNC3=O)nc1NCc1ccccc1. The number of benzene rings is 2. The lowest BCUT2D eigenvalue weighted by Crippen LogP contribution is -2.31. The fraction of sp³-hybridized carbons (Fsp3) is 0.136. The molecule has 4 rings (SSSR count). The molecule has 0 radical (unpaired) electrons. The third kappa shape index (κ3) is 4.67. The van der Waals surface area contributed by atoms with E-state index in [9.17, 15) is 4.79 Å². The van der Waals surface area contributed by atoms with Crippen LogP contribution in [0.4, 0.5) is 17.5 Å². The first-order valence-corrected chi connectivity index (χ1v) is 9.71. The summed E-state index contributed by atoms with van der Waals surface area (Å²) in [5, 5.41) is 24.3. The molecule has 9 heteroatoms. The molecule has 0 saturated heterocycles. The van der Waals surface area contributed by atoms with Gasteiger partial charge in [-0.25, -0.2) is 4.98 Å². The van der Waals surface area contributed by atoms with E-state index in [1.807, 2.05) is 36.4 Å². The molecule has 0 fully saturated rings. The number of ether oxygens (including phenoxy) is 1. The van der Waals surface area contributed by atoms with E-state index < -0.39 is 0 Å². The third-order valence-corrected chi connectivity index (χ3v) is 4.80. The number of hydrogen-bond acceptors (Lipinski definition) is 8. The van der Waals surface area contributed by atoms with E-state index in [2.05, 4.69) is 25.9 Å². The molecule has 2 aromatic carbocycles. The maximum atomic E-state index is 11.9. The van der Waals surface area contributed by atoms with Crippen LogP contribution in [0.2, 0.25) is 0 Å². The van der Waals surface area contributed by atoms with E-state index in [1.165, 1.54) is 6.20 Å². The predicted octanol–water partition coefficient (Wildman–Crippen LogP) is 3.07. The summed E-state index contributed by atoms with van der Waals surface area (Å²) >= 11 is 0. The molecule has 1 aliphatic rings. The first kappa shape index (κ1) is 20.0. The molecule has 1 aromatic heterocycles. The predicted molar refractivity (Wildman–Crippen MR) is 118 cm³/mol. The van der Waals surface area contributed by atoms with Gasteiger partial charge in [-0.05, 0) is 35.7 Å². The average Bonchev–Trinajstić information content (AvgIpc) is 2.79. The molecule has 0 bridgehead atoms. The minimum Gasteiger partial charge on any atom is -0.428 e. The van der Waals surface area contributed by atoms with Gasteiger partial charge >= 0.3 is 0 Å². The van der Waals surface area contributed by atoms with Crippen molar-refractivity contribution in [1.29, 1.82) is 10.8 Å². The smallest absolute Gasteiger partial charge is 0.251 e. The number of fused-ring (bicyclic) bond motifs is 1. The quantitative estimate of drug-likeness (QED) is 0.297. The first-order chi connectivity index (χ1) is 15.1. The van der Waals surface area contributed by atoms with Crippen LogP contribution in [0, 0.1) is 10.8 Å². The normalized spacial score (nSPS) is 12.3. The molecule has 31 heavy (non-hydrogen) atoms. The summed E-state index contributed by atoms with van der Waals surface area (Å²) in [5.74, 6) is 0.454. The van der Waals surface area contributed by atoms with E-state index in [-0.39, 0.29) is 11.8 Å². The van der Waals surface area contributed by atoms with Gasteiger partial charge in [-0.2, -0.15) is 4.98 Å². The number of aromatic nitrogens is 2. The van der Waals surface area contributed by atoms with Crippen molar-refractivity contribution in [2.24, 2.45) is 0 Å². The lowest BCUT2D eigenvalue weighted by molar-refractivity contribution is 0.0946. The van der Waals surface area contributed by atoms with Crippen molar-refractivity contribution in [3.05, 3.63) is 77.0 Å². The largest absolute Gasteiger partial charge is 0.428 e. The zero-order chi connectivity index (χ0) is 21.6. The topological polar surface area (TPSA) is 136 Å². The Bertz CT molecular complexity index is 1130. The lowest BCUT2D eigenvalue weighted by atomic mass is 10.00. The van der Waals surface area contributed by atoms with Crippen LogP contribution in [-0.2, 0) is 17.7 Å². The zero-order valence-corrected chi connectivity index (χ0v) is 16.6. The Kier molecular flexibility index (Phi) is 5.84. The molecule has 2 heterocycles. The minimum atomic E-state index is -0.225. The molecule has 0 saturated carbocycles. The standard InChI is InChI=1S/C22H21N7O2/c23-13-31-19(24)18-12-27-22(29-20(18)26-11-14-4-2-1-3-5-14)28-16-6-7-17-15(10-16)8-9-25-21(17)30/h1-7,10,12-13,23-24H,8-9,11H2,(H,25,30)(H2,26,27,28,29). The third-order valence-electron chi connectivity index (χ3n) is 4.80. The Morgan fingerprint density at radius 3 is 2.87 bits per heavy atom. The van der Waals surface area contributed by atoms with Gasteiger partial charge in [0.15, 0.2) is 6.40 Å². The van der Waals surface area contributed by atoms with Gasteiger partial charge in [0.05, 0.1) is 5.56 Å². The van der Waals surface area contributed by atoms with Crippen LogP contribution < -0.4 is 16.0 Å². The number of hydrogen-bond donors (Lipinski definition) is 5. The number of nitrogens with one attached hydrogen (secondary N) is 5. The first-order valence-electron chi connectivity index (χ1n) is 9.71. The highest BCUT2D eigenvalue weighted by molar-refractivity contribution is 5.99. The molecule has 0 atom stereocenters. The summed E-state index contributed by atoms with van der Waals surface area (Å²) in [6, 6.07) is 15.3. The molecule has 1 amide bonds. The van der Waals surface area contributed by atoms with Crippen molar-refractivity contribution < 1.29 is 9.53 Å². The van der Waals surface area contributed by atoms with E-state index in [0.29, 0.717) is 42.4 Å². The van der Waals surface area contributed by atoms with Crippen molar-refractivity contribution in [1.82, 2.24) is 15.3 Å². The zero-order valence-electron chi connectivity index (χ0n) is 16.6. The number of amides is 1. The van der Waals surface area contributed by atoms with E-state index in [4.69, 9.17) is 15.6 Å². The fourth-order valence-corrected chi connectivity index (χ4v) is 3.28. The monoisotopic (exact) mass is 415 g/mol. The van der Waals surface area contributed by atoms with Gasteiger partial charge in [0.2, 0.25) is 11.8 Å². The number of rotatable bonds is 7. The molecule has 3 aromatic rings. The second-order valence-corrected chi connectivity index (χ2v) is 6.86. The summed E-state index contributed by atoms with van der Waals surface area (Å²) in [6.45, 7) is 1.11. The molecular weight excluding hydrogens is 394 g/mol. The van der Waals surface area contributed by atoms with Crippen LogP contribution >= 0.6 is 0 Å². The van der Waals surface area contributed by atoms with Gasteiger partial charge in [0.25, 0.3) is 5.91 Å². The van der Waals surface area contributed by atoms with Crippen molar-refractivity contribution in [2.45, 2.75) is 13.0 Å². The average molecular weight is 415 g/mol. The minimum absolute atomic E-state index is 0.0643. The molecule has 156 valence electrons. The Morgan fingerprint density at radius 1 is 1.23 bits per heavy atom. The number of carbonyl (C=O) groups is 1. The molecule has 5 N–H and O–H groups in total. The van der Waals surface area contributed by atoms with Crippen molar-refractivity contribution >= 4 is 35.7 Å². The van der Waals surface area contributed by atoms with E-state index >= 15 is 0 Å². The van der Waals surface area contributed by atoms with Crippen LogP contribution in [-0.4, -0.2) is 34.7 Å². The van der Waals surface area contributed by atoms with Crippen molar-refractivity contribution in [2.75, 3.05) is 17.2 Å². The Balaban J connectivity index is 1.58. The van der Waals surface area contributed by atoms with Crippen molar-refractivity contribution in [3.8, 4) is 0 Å². The summed E-state index contributed by atoms with van der Waals surface area (Å²) < 4.78 is 4.90. The second kappa shape index (κ2) is 9.04. The molecular formula is C22H21N7O2. The number of nitrogens with zero attached hydrogens (tertiary/aromatic N) is 2. The highest BCUT2D eigenvalue weighted by atomic mass is 16.5.